The minimum absolute atomic E-state index is 0.0583. The van der Waals surface area contributed by atoms with Gasteiger partial charge in [-0.15, -0.1) is 0 Å². The first-order valence-corrected chi connectivity index (χ1v) is 5.10. The highest BCUT2D eigenvalue weighted by molar-refractivity contribution is 5.83. The van der Waals surface area contributed by atoms with Gasteiger partial charge < -0.3 is 15.9 Å². The van der Waals surface area contributed by atoms with Gasteiger partial charge in [0.2, 0.25) is 0 Å². The van der Waals surface area contributed by atoms with Crippen molar-refractivity contribution in [1.29, 1.82) is 0 Å². The molecule has 0 aromatic carbocycles. The third-order valence-electron chi connectivity index (χ3n) is 2.96. The lowest BCUT2D eigenvalue weighted by Gasteiger charge is -2.35. The van der Waals surface area contributed by atoms with Crippen LogP contribution in [0.5, 0.6) is 0 Å². The summed E-state index contributed by atoms with van der Waals surface area (Å²) in [6, 6.07) is -0.832. The lowest BCUT2D eigenvalue weighted by molar-refractivity contribution is -0.143. The second kappa shape index (κ2) is 3.71. The maximum Gasteiger partial charge on any atom is 0.325 e. The summed E-state index contributed by atoms with van der Waals surface area (Å²) in [4.78, 5) is 23.7. The monoisotopic (exact) mass is 230 g/mol. The number of carboxylic acids is 2. The van der Waals surface area contributed by atoms with Gasteiger partial charge in [0.05, 0.1) is 0 Å². The van der Waals surface area contributed by atoms with Gasteiger partial charge in [0.25, 0.3) is 0 Å². The van der Waals surface area contributed by atoms with Crippen molar-refractivity contribution in [3.63, 3.8) is 0 Å². The SMILES string of the molecule is CC(C)(C)N1CC(N)(C(=O)O)CC1C(=O)O. The smallest absolute Gasteiger partial charge is 0.325 e. The topological polar surface area (TPSA) is 104 Å². The summed E-state index contributed by atoms with van der Waals surface area (Å²) in [5.41, 5.74) is 3.83. The molecule has 1 fully saturated rings. The van der Waals surface area contributed by atoms with Gasteiger partial charge in [0, 0.05) is 18.5 Å². The Bertz CT molecular complexity index is 323. The standard InChI is InChI=1S/C10H18N2O4/c1-9(2,3)12-5-10(11,8(15)16)4-6(12)7(13)14/h6H,4-5,11H2,1-3H3,(H,13,14)(H,15,16). The normalized spacial score (nSPS) is 31.6. The van der Waals surface area contributed by atoms with Gasteiger partial charge in [0.15, 0.2) is 0 Å². The van der Waals surface area contributed by atoms with E-state index in [1.165, 1.54) is 0 Å². The van der Waals surface area contributed by atoms with Crippen LogP contribution in [0.2, 0.25) is 0 Å². The van der Waals surface area contributed by atoms with Crippen molar-refractivity contribution in [1.82, 2.24) is 4.90 Å². The fourth-order valence-corrected chi connectivity index (χ4v) is 2.01. The Morgan fingerprint density at radius 3 is 2.12 bits per heavy atom. The van der Waals surface area contributed by atoms with Crippen molar-refractivity contribution < 1.29 is 19.8 Å². The van der Waals surface area contributed by atoms with Gasteiger partial charge in [-0.2, -0.15) is 0 Å². The number of hydrogen-bond acceptors (Lipinski definition) is 4. The molecule has 0 spiro atoms. The van der Waals surface area contributed by atoms with E-state index >= 15 is 0 Å². The van der Waals surface area contributed by atoms with Crippen LogP contribution in [0.3, 0.4) is 0 Å². The molecule has 6 nitrogen and oxygen atoms in total. The van der Waals surface area contributed by atoms with Crippen LogP contribution in [0.25, 0.3) is 0 Å². The zero-order chi connectivity index (χ0) is 12.7. The van der Waals surface area contributed by atoms with E-state index < -0.39 is 29.1 Å². The molecule has 1 aliphatic rings. The zero-order valence-electron chi connectivity index (χ0n) is 9.73. The lowest BCUT2D eigenvalue weighted by atomic mass is 9.98. The summed E-state index contributed by atoms with van der Waals surface area (Å²) < 4.78 is 0. The van der Waals surface area contributed by atoms with Gasteiger partial charge in [-0.25, -0.2) is 0 Å². The van der Waals surface area contributed by atoms with Crippen LogP contribution in [0.15, 0.2) is 0 Å². The van der Waals surface area contributed by atoms with Gasteiger partial charge in [-0.05, 0) is 20.8 Å². The molecule has 6 heteroatoms. The Labute approximate surface area is 94.0 Å². The van der Waals surface area contributed by atoms with Crippen molar-refractivity contribution in [3.05, 3.63) is 0 Å². The van der Waals surface area contributed by atoms with E-state index in [0.29, 0.717) is 0 Å². The molecule has 0 bridgehead atoms. The number of nitrogens with two attached hydrogens (primary N) is 1. The first kappa shape index (κ1) is 12.9. The Morgan fingerprint density at radius 2 is 1.88 bits per heavy atom. The van der Waals surface area contributed by atoms with Gasteiger partial charge in [-0.1, -0.05) is 0 Å². The molecule has 16 heavy (non-hydrogen) atoms. The third kappa shape index (κ3) is 2.17. The van der Waals surface area contributed by atoms with E-state index in [-0.39, 0.29) is 13.0 Å². The maximum absolute atomic E-state index is 11.1. The van der Waals surface area contributed by atoms with Gasteiger partial charge in [0.1, 0.15) is 11.6 Å². The van der Waals surface area contributed by atoms with Gasteiger partial charge >= 0.3 is 11.9 Å². The summed E-state index contributed by atoms with van der Waals surface area (Å²) in [5, 5.41) is 18.1. The molecule has 92 valence electrons. The van der Waals surface area contributed by atoms with E-state index in [4.69, 9.17) is 15.9 Å². The molecule has 1 aliphatic heterocycles. The molecule has 2 unspecified atom stereocenters. The molecule has 1 saturated heterocycles. The van der Waals surface area contributed by atoms with E-state index in [1.54, 1.807) is 4.90 Å². The van der Waals surface area contributed by atoms with Crippen LogP contribution in [-0.2, 0) is 9.59 Å². The summed E-state index contributed by atoms with van der Waals surface area (Å²) >= 11 is 0. The molecular formula is C10H18N2O4. The Hall–Kier alpha value is -1.14. The number of likely N-dealkylation sites (tertiary alicyclic amines) is 1. The number of nitrogens with zero attached hydrogens (tertiary/aromatic N) is 1. The van der Waals surface area contributed by atoms with Crippen LogP contribution >= 0.6 is 0 Å². The highest BCUT2D eigenvalue weighted by atomic mass is 16.4. The maximum atomic E-state index is 11.1. The van der Waals surface area contributed by atoms with E-state index in [9.17, 15) is 9.59 Å². The van der Waals surface area contributed by atoms with Crippen LogP contribution in [0, 0.1) is 0 Å². The van der Waals surface area contributed by atoms with Crippen molar-refractivity contribution in [2.75, 3.05) is 6.54 Å². The molecule has 0 aliphatic carbocycles. The Morgan fingerprint density at radius 1 is 1.38 bits per heavy atom. The lowest BCUT2D eigenvalue weighted by Crippen LogP contribution is -2.52. The number of carbonyl (C=O) groups is 2. The van der Waals surface area contributed by atoms with E-state index in [1.807, 2.05) is 20.8 Å². The number of rotatable bonds is 2. The number of aliphatic carboxylic acids is 2. The molecule has 4 N–H and O–H groups in total. The minimum atomic E-state index is -1.46. The van der Waals surface area contributed by atoms with Crippen LogP contribution in [-0.4, -0.2) is 50.7 Å². The molecule has 0 saturated carbocycles. The molecule has 0 aromatic rings. The first-order valence-electron chi connectivity index (χ1n) is 5.10. The van der Waals surface area contributed by atoms with Crippen molar-refractivity contribution in [3.8, 4) is 0 Å². The predicted octanol–water partition coefficient (Wildman–Crippen LogP) is -0.274. The van der Waals surface area contributed by atoms with Crippen molar-refractivity contribution in [2.24, 2.45) is 5.73 Å². The fourth-order valence-electron chi connectivity index (χ4n) is 2.01. The Kier molecular flexibility index (Phi) is 3.00. The van der Waals surface area contributed by atoms with Crippen LogP contribution < -0.4 is 5.73 Å². The zero-order valence-corrected chi connectivity index (χ0v) is 9.73. The first-order chi connectivity index (χ1) is 7.08. The number of hydrogen-bond donors (Lipinski definition) is 3. The predicted molar refractivity (Wildman–Crippen MR) is 57.1 cm³/mol. The Balaban J connectivity index is 3.02. The van der Waals surface area contributed by atoms with Crippen LogP contribution in [0.4, 0.5) is 0 Å². The average Bonchev–Trinajstić information content (AvgIpc) is 2.44. The molecule has 1 rings (SSSR count). The van der Waals surface area contributed by atoms with Gasteiger partial charge in [-0.3, -0.25) is 14.5 Å². The number of carboxylic acid groups (broad SMARTS) is 2. The second-order valence-corrected chi connectivity index (χ2v) is 5.32. The highest BCUT2D eigenvalue weighted by Gasteiger charge is 2.52. The molecule has 0 radical (unpaired) electrons. The summed E-state index contributed by atoms with van der Waals surface area (Å²) in [6.07, 6.45) is -0.0606. The molecule has 2 atom stereocenters. The van der Waals surface area contributed by atoms with Crippen molar-refractivity contribution >= 4 is 11.9 Å². The molecule has 0 aromatic heterocycles. The van der Waals surface area contributed by atoms with Crippen LogP contribution in [0.1, 0.15) is 27.2 Å². The van der Waals surface area contributed by atoms with E-state index in [0.717, 1.165) is 0 Å². The largest absolute Gasteiger partial charge is 0.480 e. The summed E-state index contributed by atoms with van der Waals surface area (Å²) in [5.74, 6) is -2.17. The third-order valence-corrected chi connectivity index (χ3v) is 2.96. The average molecular weight is 230 g/mol. The minimum Gasteiger partial charge on any atom is -0.480 e. The molecule has 1 heterocycles. The highest BCUT2D eigenvalue weighted by Crippen LogP contribution is 2.31. The van der Waals surface area contributed by atoms with E-state index in [2.05, 4.69) is 0 Å². The molecular weight excluding hydrogens is 212 g/mol. The second-order valence-electron chi connectivity index (χ2n) is 5.32. The quantitative estimate of drug-likeness (QED) is 0.603. The van der Waals surface area contributed by atoms with Crippen molar-refractivity contribution in [2.45, 2.75) is 44.3 Å². The summed E-state index contributed by atoms with van der Waals surface area (Å²) in [7, 11) is 0. The fraction of sp³-hybridized carbons (Fsp3) is 0.800. The summed E-state index contributed by atoms with van der Waals surface area (Å²) in [6.45, 7) is 5.59. The molecule has 0 amide bonds.